The molecule has 1 aliphatic carbocycles. The van der Waals surface area contributed by atoms with Crippen molar-refractivity contribution in [2.24, 2.45) is 11.8 Å². The molecule has 2 atom stereocenters. The van der Waals surface area contributed by atoms with Crippen LogP contribution in [0.25, 0.3) is 10.9 Å². The van der Waals surface area contributed by atoms with Gasteiger partial charge in [-0.15, -0.1) is 0 Å². The van der Waals surface area contributed by atoms with Gasteiger partial charge in [-0.3, -0.25) is 14.6 Å². The number of aromatic nitrogens is 1. The number of amides is 2. The first-order chi connectivity index (χ1) is 18.9. The maximum atomic E-state index is 15.0. The molecule has 4 aromatic rings. The van der Waals surface area contributed by atoms with Crippen LogP contribution in [-0.2, 0) is 9.59 Å². The number of pyridine rings is 1. The molecule has 200 valence electrons. The largest absolute Gasteiger partial charge is 0.493 e. The van der Waals surface area contributed by atoms with Crippen LogP contribution in [0.3, 0.4) is 0 Å². The van der Waals surface area contributed by atoms with Gasteiger partial charge in [-0.1, -0.05) is 0 Å². The number of benzene rings is 3. The normalized spacial score (nSPS) is 16.2. The van der Waals surface area contributed by atoms with Crippen molar-refractivity contribution in [1.29, 1.82) is 0 Å². The molecule has 0 aliphatic heterocycles. The third-order valence-electron chi connectivity index (χ3n) is 6.69. The van der Waals surface area contributed by atoms with Gasteiger partial charge in [0.25, 0.3) is 0 Å². The molecule has 0 bridgehead atoms. The van der Waals surface area contributed by atoms with Crippen LogP contribution in [0.5, 0.6) is 23.0 Å². The summed E-state index contributed by atoms with van der Waals surface area (Å²) in [5, 5.41) is 5.99. The van der Waals surface area contributed by atoms with Crippen LogP contribution < -0.4 is 24.8 Å². The summed E-state index contributed by atoms with van der Waals surface area (Å²) >= 11 is 0. The van der Waals surface area contributed by atoms with Crippen molar-refractivity contribution >= 4 is 34.1 Å². The molecule has 39 heavy (non-hydrogen) atoms. The number of rotatable bonds is 8. The van der Waals surface area contributed by atoms with Crippen molar-refractivity contribution in [1.82, 2.24) is 4.98 Å². The lowest BCUT2D eigenvalue weighted by atomic mass is 9.72. The van der Waals surface area contributed by atoms with Crippen LogP contribution in [-0.4, -0.2) is 31.0 Å². The highest BCUT2D eigenvalue weighted by molar-refractivity contribution is 6.01. The summed E-state index contributed by atoms with van der Waals surface area (Å²) in [6.07, 6.45) is 2.61. The lowest BCUT2D eigenvalue weighted by molar-refractivity contribution is -0.134. The highest BCUT2D eigenvalue weighted by atomic mass is 19.1. The molecular formula is C29H25F2N3O5. The molecule has 5 rings (SSSR count). The molecule has 0 unspecified atom stereocenters. The van der Waals surface area contributed by atoms with Gasteiger partial charge < -0.3 is 24.8 Å². The minimum absolute atomic E-state index is 0.0459. The standard InChI is InChI=1S/C29H25F2N3O5/c1-37-26-14-21-23(15-27(26)38-2)32-12-11-24(21)39-25-10-7-18(13-22(25)31)34-29(36)20-9-8-19(20)28(35)33-17-5-3-16(30)4-6-17/h3-7,10-15,19-20H,8-9H2,1-2H3,(H,33,35)(H,34,36)/t19-,20+/m1/s1. The summed E-state index contributed by atoms with van der Waals surface area (Å²) in [6, 6.07) is 14.5. The number of anilines is 2. The summed E-state index contributed by atoms with van der Waals surface area (Å²) in [6.45, 7) is 0. The fourth-order valence-electron chi connectivity index (χ4n) is 4.45. The molecule has 0 radical (unpaired) electrons. The van der Waals surface area contributed by atoms with Crippen LogP contribution in [0.2, 0.25) is 0 Å². The van der Waals surface area contributed by atoms with Crippen LogP contribution in [0.4, 0.5) is 20.2 Å². The number of methoxy groups -OCH3 is 2. The molecule has 8 nitrogen and oxygen atoms in total. The molecule has 0 saturated heterocycles. The Morgan fingerprint density at radius 1 is 0.769 bits per heavy atom. The van der Waals surface area contributed by atoms with E-state index in [1.54, 1.807) is 18.2 Å². The Morgan fingerprint density at radius 2 is 1.38 bits per heavy atom. The van der Waals surface area contributed by atoms with Crippen LogP contribution in [0.1, 0.15) is 12.8 Å². The van der Waals surface area contributed by atoms with Crippen LogP contribution in [0, 0.1) is 23.5 Å². The van der Waals surface area contributed by atoms with Crippen LogP contribution in [0.15, 0.2) is 66.9 Å². The van der Waals surface area contributed by atoms with E-state index in [1.165, 1.54) is 56.8 Å². The Kier molecular flexibility index (Phi) is 7.27. The van der Waals surface area contributed by atoms with E-state index in [9.17, 15) is 18.4 Å². The smallest absolute Gasteiger partial charge is 0.228 e. The van der Waals surface area contributed by atoms with Gasteiger partial charge in [0.2, 0.25) is 11.8 Å². The van der Waals surface area contributed by atoms with E-state index in [4.69, 9.17) is 14.2 Å². The second-order valence-corrected chi connectivity index (χ2v) is 9.06. The van der Waals surface area contributed by atoms with Gasteiger partial charge in [0.1, 0.15) is 11.6 Å². The minimum atomic E-state index is -0.683. The Morgan fingerprint density at radius 3 is 2.00 bits per heavy atom. The molecule has 1 fully saturated rings. The Labute approximate surface area is 222 Å². The first kappa shape index (κ1) is 25.9. The monoisotopic (exact) mass is 533 g/mol. The summed E-state index contributed by atoms with van der Waals surface area (Å²) < 4.78 is 44.6. The minimum Gasteiger partial charge on any atom is -0.493 e. The van der Waals surface area contributed by atoms with Crippen molar-refractivity contribution in [3.05, 3.63) is 78.5 Å². The molecule has 3 aromatic carbocycles. The van der Waals surface area contributed by atoms with Gasteiger partial charge in [0, 0.05) is 46.9 Å². The third-order valence-corrected chi connectivity index (χ3v) is 6.69. The fourth-order valence-corrected chi connectivity index (χ4v) is 4.45. The van der Waals surface area contributed by atoms with Gasteiger partial charge >= 0.3 is 0 Å². The summed E-state index contributed by atoms with van der Waals surface area (Å²) in [5.41, 5.74) is 1.26. The number of fused-ring (bicyclic) bond motifs is 1. The third kappa shape index (κ3) is 5.45. The van der Waals surface area contributed by atoms with Crippen molar-refractivity contribution < 1.29 is 32.6 Å². The van der Waals surface area contributed by atoms with Gasteiger partial charge in [0.15, 0.2) is 23.1 Å². The Hall–Kier alpha value is -4.73. The number of ether oxygens (including phenoxy) is 3. The summed E-state index contributed by atoms with van der Waals surface area (Å²) in [7, 11) is 3.03. The molecule has 1 heterocycles. The highest BCUT2D eigenvalue weighted by Crippen LogP contribution is 2.39. The molecule has 1 saturated carbocycles. The number of carbonyl (C=O) groups is 2. The number of hydrogen-bond acceptors (Lipinski definition) is 6. The number of halogens is 2. The lowest BCUT2D eigenvalue weighted by Crippen LogP contribution is -2.43. The van der Waals surface area contributed by atoms with Crippen molar-refractivity contribution in [3.8, 4) is 23.0 Å². The van der Waals surface area contributed by atoms with Crippen molar-refractivity contribution in [2.45, 2.75) is 12.8 Å². The fraction of sp³-hybridized carbons (Fsp3) is 0.207. The zero-order valence-corrected chi connectivity index (χ0v) is 21.2. The highest BCUT2D eigenvalue weighted by Gasteiger charge is 2.41. The predicted molar refractivity (Wildman–Crippen MR) is 141 cm³/mol. The Bertz CT molecular complexity index is 1540. The topological polar surface area (TPSA) is 98.8 Å². The van der Waals surface area contributed by atoms with Gasteiger partial charge in [-0.25, -0.2) is 8.78 Å². The second kappa shape index (κ2) is 10.9. The maximum absolute atomic E-state index is 15.0. The lowest BCUT2D eigenvalue weighted by Gasteiger charge is -2.34. The SMILES string of the molecule is COc1cc2nccc(Oc3ccc(NC(=O)[C@H]4CC[C@H]4C(=O)Nc4ccc(F)cc4)cc3F)c2cc1OC. The number of hydrogen-bond donors (Lipinski definition) is 2. The molecule has 10 heteroatoms. The van der Waals surface area contributed by atoms with E-state index >= 15 is 0 Å². The number of nitrogens with one attached hydrogen (secondary N) is 2. The first-order valence-electron chi connectivity index (χ1n) is 12.2. The average molecular weight is 534 g/mol. The van der Waals surface area contributed by atoms with Gasteiger partial charge in [0.05, 0.1) is 19.7 Å². The van der Waals surface area contributed by atoms with E-state index in [2.05, 4.69) is 15.6 Å². The molecule has 1 aliphatic rings. The molecular weight excluding hydrogens is 508 g/mol. The predicted octanol–water partition coefficient (Wildman–Crippen LogP) is 5.93. The molecule has 0 spiro atoms. The van der Waals surface area contributed by atoms with E-state index in [1.807, 2.05) is 0 Å². The van der Waals surface area contributed by atoms with Gasteiger partial charge in [-0.2, -0.15) is 0 Å². The molecule has 2 N–H and O–H groups in total. The van der Waals surface area contributed by atoms with E-state index in [-0.39, 0.29) is 23.3 Å². The van der Waals surface area contributed by atoms with Crippen LogP contribution >= 0.6 is 0 Å². The summed E-state index contributed by atoms with van der Waals surface area (Å²) in [5.74, 6) is -1.58. The zero-order chi connectivity index (χ0) is 27.5. The Balaban J connectivity index is 1.26. The average Bonchev–Trinajstić information content (AvgIpc) is 2.90. The first-order valence-corrected chi connectivity index (χ1v) is 12.2. The quantitative estimate of drug-likeness (QED) is 0.292. The summed E-state index contributed by atoms with van der Waals surface area (Å²) in [4.78, 5) is 29.7. The van der Waals surface area contributed by atoms with Gasteiger partial charge in [-0.05, 0) is 61.4 Å². The molecule has 1 aromatic heterocycles. The van der Waals surface area contributed by atoms with E-state index < -0.39 is 23.5 Å². The zero-order valence-electron chi connectivity index (χ0n) is 21.2. The second-order valence-electron chi connectivity index (χ2n) is 9.06. The van der Waals surface area contributed by atoms with Crippen molar-refractivity contribution in [3.63, 3.8) is 0 Å². The van der Waals surface area contributed by atoms with E-state index in [0.717, 1.165) is 6.07 Å². The maximum Gasteiger partial charge on any atom is 0.228 e. The molecule has 2 amide bonds. The number of carbonyl (C=O) groups excluding carboxylic acids is 2. The number of nitrogens with zero attached hydrogens (tertiary/aromatic N) is 1. The van der Waals surface area contributed by atoms with Crippen molar-refractivity contribution in [2.75, 3.05) is 24.9 Å². The van der Waals surface area contributed by atoms with E-state index in [0.29, 0.717) is 46.7 Å².